The fourth-order valence-corrected chi connectivity index (χ4v) is 4.12. The molecule has 0 unspecified atom stereocenters. The average molecular weight is 386 g/mol. The molecule has 0 aliphatic heterocycles. The van der Waals surface area contributed by atoms with Crippen molar-refractivity contribution in [2.24, 2.45) is 0 Å². The van der Waals surface area contributed by atoms with Crippen molar-refractivity contribution in [3.63, 3.8) is 0 Å². The Morgan fingerprint density at radius 1 is 0.560 bits per heavy atom. The largest absolute Gasteiger partial charge is 0.0884 e. The van der Waals surface area contributed by atoms with Crippen LogP contribution in [0, 0.1) is 0 Å². The van der Waals surface area contributed by atoms with Crippen LogP contribution in [0.25, 0.3) is 21.9 Å². The molecule has 3 heteroatoms. The van der Waals surface area contributed by atoms with Crippen LogP contribution >= 0.6 is 34.8 Å². The fraction of sp³-hybridized carbons (Fsp3) is 0.0909. The molecule has 3 aromatic rings. The van der Waals surface area contributed by atoms with Gasteiger partial charge in [-0.15, -0.1) is 0 Å². The van der Waals surface area contributed by atoms with E-state index in [1.54, 1.807) is 0 Å². The van der Waals surface area contributed by atoms with Crippen molar-refractivity contribution in [3.8, 4) is 0 Å². The van der Waals surface area contributed by atoms with Crippen molar-refractivity contribution in [3.05, 3.63) is 92.9 Å². The summed E-state index contributed by atoms with van der Waals surface area (Å²) < 4.78 is 0. The van der Waals surface area contributed by atoms with Crippen LogP contribution in [0.3, 0.4) is 0 Å². The van der Waals surface area contributed by atoms with Gasteiger partial charge in [-0.05, 0) is 52.9 Å². The van der Waals surface area contributed by atoms with E-state index in [-0.39, 0.29) is 0 Å². The highest BCUT2D eigenvalue weighted by Gasteiger charge is 2.23. The summed E-state index contributed by atoms with van der Waals surface area (Å²) in [5.41, 5.74) is 4.07. The second-order valence-corrected chi connectivity index (χ2v) is 7.48. The molecule has 0 fully saturated rings. The van der Waals surface area contributed by atoms with Crippen molar-refractivity contribution in [1.29, 1.82) is 0 Å². The van der Waals surface area contributed by atoms with Crippen molar-refractivity contribution < 1.29 is 0 Å². The zero-order valence-corrected chi connectivity index (χ0v) is 15.7. The molecule has 0 amide bonds. The fourth-order valence-electron chi connectivity index (χ4n) is 3.33. The van der Waals surface area contributed by atoms with Gasteiger partial charge in [0.25, 0.3) is 0 Å². The molecule has 0 aromatic heterocycles. The first-order chi connectivity index (χ1) is 12.1. The zero-order chi connectivity index (χ0) is 17.4. The van der Waals surface area contributed by atoms with Gasteiger partial charge in [0.05, 0.1) is 0 Å². The molecule has 0 radical (unpaired) electrons. The van der Waals surface area contributed by atoms with Crippen LogP contribution in [0.2, 0.25) is 5.02 Å². The van der Waals surface area contributed by atoms with Crippen molar-refractivity contribution in [2.45, 2.75) is 12.8 Å². The van der Waals surface area contributed by atoms with E-state index >= 15 is 0 Å². The van der Waals surface area contributed by atoms with E-state index in [9.17, 15) is 0 Å². The van der Waals surface area contributed by atoms with E-state index < -0.39 is 0 Å². The van der Waals surface area contributed by atoms with Gasteiger partial charge in [-0.2, -0.15) is 0 Å². The van der Waals surface area contributed by atoms with E-state index in [1.165, 1.54) is 10.8 Å². The van der Waals surface area contributed by atoms with Crippen molar-refractivity contribution >= 4 is 56.7 Å². The maximum absolute atomic E-state index is 6.67. The molecule has 3 aromatic carbocycles. The van der Waals surface area contributed by atoms with Crippen molar-refractivity contribution in [2.75, 3.05) is 0 Å². The maximum Gasteiger partial charge on any atom is 0.0412 e. The summed E-state index contributed by atoms with van der Waals surface area (Å²) in [6.45, 7) is 0. The Kier molecular flexibility index (Phi) is 4.60. The summed E-state index contributed by atoms with van der Waals surface area (Å²) >= 11 is 19.5. The molecule has 0 saturated heterocycles. The molecule has 0 saturated carbocycles. The lowest BCUT2D eigenvalue weighted by atomic mass is 9.86. The summed E-state index contributed by atoms with van der Waals surface area (Å²) in [5.74, 6) is 0. The third-order valence-corrected chi connectivity index (χ3v) is 5.50. The molecule has 1 aliphatic carbocycles. The monoisotopic (exact) mass is 384 g/mol. The van der Waals surface area contributed by atoms with E-state index in [1.807, 2.05) is 36.4 Å². The number of fused-ring (bicyclic) bond motifs is 1. The molecule has 124 valence electrons. The first-order valence-electron chi connectivity index (χ1n) is 8.16. The zero-order valence-electron chi connectivity index (χ0n) is 13.4. The van der Waals surface area contributed by atoms with Crippen LogP contribution in [0.5, 0.6) is 0 Å². The number of halogens is 3. The highest BCUT2D eigenvalue weighted by Crippen LogP contribution is 2.45. The molecule has 0 bridgehead atoms. The molecular formula is C22H15Cl3. The van der Waals surface area contributed by atoms with Crippen molar-refractivity contribution in [1.82, 2.24) is 0 Å². The van der Waals surface area contributed by atoms with Crippen LogP contribution in [0.4, 0.5) is 0 Å². The molecule has 0 spiro atoms. The van der Waals surface area contributed by atoms with Gasteiger partial charge in [0, 0.05) is 26.2 Å². The SMILES string of the molecule is ClC1=C(c2cccc(Cl)c2)C(c2ccc3ccccc3c2)=C(Cl)CC1. The van der Waals surface area contributed by atoms with Crippen LogP contribution in [-0.2, 0) is 0 Å². The van der Waals surface area contributed by atoms with Gasteiger partial charge in [0.1, 0.15) is 0 Å². The Morgan fingerprint density at radius 2 is 1.20 bits per heavy atom. The van der Waals surface area contributed by atoms with Crippen LogP contribution in [0.15, 0.2) is 76.8 Å². The second-order valence-electron chi connectivity index (χ2n) is 6.13. The Balaban J connectivity index is 1.92. The Bertz CT molecular complexity index is 1030. The topological polar surface area (TPSA) is 0 Å². The van der Waals surface area contributed by atoms with Crippen LogP contribution in [-0.4, -0.2) is 0 Å². The lowest BCUT2D eigenvalue weighted by Gasteiger charge is -2.22. The number of hydrogen-bond acceptors (Lipinski definition) is 0. The first-order valence-corrected chi connectivity index (χ1v) is 9.29. The second kappa shape index (κ2) is 6.88. The standard InChI is InChI=1S/C22H15Cl3/c23-18-7-3-6-16(13-18)21-19(24)10-11-20(25)22(21)17-9-8-14-4-1-2-5-15(14)12-17/h1-9,12-13H,10-11H2. The Labute approximate surface area is 162 Å². The third-order valence-electron chi connectivity index (χ3n) is 4.51. The van der Waals surface area contributed by atoms with E-state index in [2.05, 4.69) is 30.3 Å². The highest BCUT2D eigenvalue weighted by molar-refractivity contribution is 6.41. The number of benzene rings is 3. The minimum atomic E-state index is 0.689. The molecule has 0 atom stereocenters. The van der Waals surface area contributed by atoms with Crippen LogP contribution < -0.4 is 0 Å². The summed E-state index contributed by atoms with van der Waals surface area (Å²) in [7, 11) is 0. The number of hydrogen-bond donors (Lipinski definition) is 0. The van der Waals surface area contributed by atoms with E-state index in [4.69, 9.17) is 34.8 Å². The minimum Gasteiger partial charge on any atom is -0.0884 e. The number of allylic oxidation sites excluding steroid dienone is 4. The predicted octanol–water partition coefficient (Wildman–Crippen LogP) is 7.89. The van der Waals surface area contributed by atoms with Gasteiger partial charge in [-0.25, -0.2) is 0 Å². The summed E-state index contributed by atoms with van der Waals surface area (Å²) in [4.78, 5) is 0. The smallest absolute Gasteiger partial charge is 0.0412 e. The average Bonchev–Trinajstić information content (AvgIpc) is 2.63. The predicted molar refractivity (Wildman–Crippen MR) is 110 cm³/mol. The molecule has 0 N–H and O–H groups in total. The van der Waals surface area contributed by atoms with Gasteiger partial charge in [0.15, 0.2) is 0 Å². The maximum atomic E-state index is 6.67. The molecule has 25 heavy (non-hydrogen) atoms. The molecule has 0 heterocycles. The summed E-state index contributed by atoms with van der Waals surface area (Å²) in [5, 5.41) is 4.75. The first kappa shape index (κ1) is 16.7. The number of rotatable bonds is 2. The quantitative estimate of drug-likeness (QED) is 0.420. The lowest BCUT2D eigenvalue weighted by Crippen LogP contribution is -2.01. The minimum absolute atomic E-state index is 0.689. The van der Waals surface area contributed by atoms with Gasteiger partial charge >= 0.3 is 0 Å². The third kappa shape index (κ3) is 3.22. The Hall–Kier alpha value is -1.73. The van der Waals surface area contributed by atoms with E-state index in [0.29, 0.717) is 5.02 Å². The van der Waals surface area contributed by atoms with Gasteiger partial charge in [-0.1, -0.05) is 83.3 Å². The molecule has 0 nitrogen and oxygen atoms in total. The normalized spacial score (nSPS) is 15.2. The summed E-state index contributed by atoms with van der Waals surface area (Å²) in [6.07, 6.45) is 1.51. The van der Waals surface area contributed by atoms with Gasteiger partial charge in [0.2, 0.25) is 0 Å². The Morgan fingerprint density at radius 3 is 1.88 bits per heavy atom. The van der Waals surface area contributed by atoms with Gasteiger partial charge < -0.3 is 0 Å². The summed E-state index contributed by atoms with van der Waals surface area (Å²) in [6, 6.07) is 22.5. The molecule has 1 aliphatic rings. The molecule has 4 rings (SSSR count). The highest BCUT2D eigenvalue weighted by atomic mass is 35.5. The van der Waals surface area contributed by atoms with E-state index in [0.717, 1.165) is 45.2 Å². The van der Waals surface area contributed by atoms with Crippen LogP contribution in [0.1, 0.15) is 24.0 Å². The lowest BCUT2D eigenvalue weighted by molar-refractivity contribution is 1.01. The van der Waals surface area contributed by atoms with Gasteiger partial charge in [-0.3, -0.25) is 0 Å². The molecular weight excluding hydrogens is 371 g/mol.